The van der Waals surface area contributed by atoms with Crippen molar-refractivity contribution in [2.75, 3.05) is 5.73 Å². The zero-order valence-corrected chi connectivity index (χ0v) is 13.3. The predicted molar refractivity (Wildman–Crippen MR) is 91.2 cm³/mol. The number of benzene rings is 1. The summed E-state index contributed by atoms with van der Waals surface area (Å²) in [6.45, 7) is 3.95. The molecule has 2 aromatic heterocycles. The number of rotatable bonds is 1. The second-order valence-electron chi connectivity index (χ2n) is 4.56. The van der Waals surface area contributed by atoms with Gasteiger partial charge in [-0.1, -0.05) is 6.07 Å². The lowest BCUT2D eigenvalue weighted by atomic mass is 10.1. The molecule has 0 amide bonds. The van der Waals surface area contributed by atoms with Gasteiger partial charge in [0.15, 0.2) is 5.82 Å². The number of aromatic nitrogens is 3. The third kappa shape index (κ3) is 3.06. The van der Waals surface area contributed by atoms with Gasteiger partial charge in [0.25, 0.3) is 0 Å². The molecule has 110 valence electrons. The van der Waals surface area contributed by atoms with Crippen LogP contribution in [-0.4, -0.2) is 15.0 Å². The lowest BCUT2D eigenvalue weighted by Crippen LogP contribution is -1.99. The van der Waals surface area contributed by atoms with Gasteiger partial charge in [-0.15, -0.1) is 24.8 Å². The van der Waals surface area contributed by atoms with Crippen molar-refractivity contribution in [1.82, 2.24) is 15.0 Å². The first kappa shape index (κ1) is 17.1. The molecule has 0 atom stereocenters. The Kier molecular flexibility index (Phi) is 5.47. The number of fused-ring (bicyclic) bond motifs is 1. The van der Waals surface area contributed by atoms with Crippen molar-refractivity contribution in [2.45, 2.75) is 13.8 Å². The van der Waals surface area contributed by atoms with E-state index >= 15 is 0 Å². The standard InChI is InChI=1S/C15H14N4.2ClH/c1-9-5-6-12-13(14(9)16)10(2)18-15(19-12)11-4-3-7-17-8-11;;/h3-8H,16H2,1-2H3;2*1H. The van der Waals surface area contributed by atoms with Gasteiger partial charge in [-0.25, -0.2) is 9.97 Å². The Morgan fingerprint density at radius 1 is 1.00 bits per heavy atom. The molecule has 0 aliphatic heterocycles. The third-order valence-corrected chi connectivity index (χ3v) is 3.22. The van der Waals surface area contributed by atoms with E-state index in [4.69, 9.17) is 5.73 Å². The minimum Gasteiger partial charge on any atom is -0.398 e. The van der Waals surface area contributed by atoms with E-state index in [1.165, 1.54) is 0 Å². The van der Waals surface area contributed by atoms with Gasteiger partial charge in [-0.3, -0.25) is 4.98 Å². The van der Waals surface area contributed by atoms with Gasteiger partial charge < -0.3 is 5.73 Å². The van der Waals surface area contributed by atoms with Crippen molar-refractivity contribution < 1.29 is 0 Å². The van der Waals surface area contributed by atoms with Crippen molar-refractivity contribution in [3.8, 4) is 11.4 Å². The summed E-state index contributed by atoms with van der Waals surface area (Å²) in [7, 11) is 0. The van der Waals surface area contributed by atoms with E-state index in [9.17, 15) is 0 Å². The molecule has 3 rings (SSSR count). The first-order valence-corrected chi connectivity index (χ1v) is 6.10. The largest absolute Gasteiger partial charge is 0.398 e. The van der Waals surface area contributed by atoms with Gasteiger partial charge in [0.2, 0.25) is 0 Å². The molecule has 6 heteroatoms. The maximum atomic E-state index is 6.12. The van der Waals surface area contributed by atoms with Gasteiger partial charge in [0, 0.05) is 29.0 Å². The van der Waals surface area contributed by atoms with Crippen LogP contribution in [0.1, 0.15) is 11.3 Å². The summed E-state index contributed by atoms with van der Waals surface area (Å²) in [6.07, 6.45) is 3.50. The SMILES string of the molecule is Cc1ccc2nc(-c3cccnc3)nc(C)c2c1N.Cl.Cl. The highest BCUT2D eigenvalue weighted by molar-refractivity contribution is 5.94. The van der Waals surface area contributed by atoms with Crippen molar-refractivity contribution in [1.29, 1.82) is 0 Å². The van der Waals surface area contributed by atoms with Gasteiger partial charge in [-0.2, -0.15) is 0 Å². The van der Waals surface area contributed by atoms with Crippen LogP contribution in [0, 0.1) is 13.8 Å². The first-order valence-electron chi connectivity index (χ1n) is 6.10. The van der Waals surface area contributed by atoms with E-state index < -0.39 is 0 Å². The zero-order chi connectivity index (χ0) is 13.4. The monoisotopic (exact) mass is 322 g/mol. The van der Waals surface area contributed by atoms with E-state index in [-0.39, 0.29) is 24.8 Å². The fourth-order valence-corrected chi connectivity index (χ4v) is 2.16. The lowest BCUT2D eigenvalue weighted by molar-refractivity contribution is 1.15. The van der Waals surface area contributed by atoms with Crippen LogP contribution in [0.25, 0.3) is 22.3 Å². The summed E-state index contributed by atoms with van der Waals surface area (Å²) in [5.41, 5.74) is 10.6. The highest BCUT2D eigenvalue weighted by atomic mass is 35.5. The summed E-state index contributed by atoms with van der Waals surface area (Å²) >= 11 is 0. The summed E-state index contributed by atoms with van der Waals surface area (Å²) in [4.78, 5) is 13.2. The van der Waals surface area contributed by atoms with E-state index in [0.717, 1.165) is 33.4 Å². The Balaban J connectivity index is 0.00000110. The Bertz CT molecular complexity index is 760. The molecule has 2 heterocycles. The van der Waals surface area contributed by atoms with Crippen LogP contribution < -0.4 is 5.73 Å². The lowest BCUT2D eigenvalue weighted by Gasteiger charge is -2.09. The Labute approximate surface area is 135 Å². The minimum absolute atomic E-state index is 0. The summed E-state index contributed by atoms with van der Waals surface area (Å²) in [5, 5.41) is 0.938. The fraction of sp³-hybridized carbons (Fsp3) is 0.133. The van der Waals surface area contributed by atoms with Gasteiger partial charge in [0.05, 0.1) is 11.2 Å². The molecule has 4 nitrogen and oxygen atoms in total. The highest BCUT2D eigenvalue weighted by Gasteiger charge is 2.10. The third-order valence-electron chi connectivity index (χ3n) is 3.22. The number of anilines is 1. The van der Waals surface area contributed by atoms with Crippen molar-refractivity contribution in [3.05, 3.63) is 47.9 Å². The van der Waals surface area contributed by atoms with Gasteiger partial charge >= 0.3 is 0 Å². The second kappa shape index (κ2) is 6.70. The molecule has 0 saturated carbocycles. The molecule has 1 aromatic carbocycles. The number of nitrogen functional groups attached to an aromatic ring is 1. The smallest absolute Gasteiger partial charge is 0.161 e. The molecule has 0 bridgehead atoms. The number of pyridine rings is 1. The average Bonchev–Trinajstić information content (AvgIpc) is 2.43. The van der Waals surface area contributed by atoms with E-state index in [1.807, 2.05) is 38.1 Å². The highest BCUT2D eigenvalue weighted by Crippen LogP contribution is 2.27. The van der Waals surface area contributed by atoms with Crippen molar-refractivity contribution >= 4 is 41.4 Å². The number of hydrogen-bond donors (Lipinski definition) is 1. The first-order chi connectivity index (χ1) is 9.16. The minimum atomic E-state index is 0. The molecule has 2 N–H and O–H groups in total. The number of hydrogen-bond acceptors (Lipinski definition) is 4. The van der Waals surface area contributed by atoms with Crippen molar-refractivity contribution in [3.63, 3.8) is 0 Å². The Hall–Kier alpha value is -1.91. The van der Waals surface area contributed by atoms with E-state index in [1.54, 1.807) is 12.4 Å². The average molecular weight is 323 g/mol. The molecule has 0 aliphatic rings. The van der Waals surface area contributed by atoms with Crippen LogP contribution >= 0.6 is 24.8 Å². The maximum absolute atomic E-state index is 6.12. The molecule has 21 heavy (non-hydrogen) atoms. The normalized spacial score (nSPS) is 9.81. The summed E-state index contributed by atoms with van der Waals surface area (Å²) in [6, 6.07) is 7.79. The molecular weight excluding hydrogens is 307 g/mol. The number of nitrogens with two attached hydrogens (primary N) is 1. The molecule has 0 unspecified atom stereocenters. The number of nitrogens with zero attached hydrogens (tertiary/aromatic N) is 3. The predicted octanol–water partition coefficient (Wildman–Crippen LogP) is 3.73. The molecule has 0 aliphatic carbocycles. The van der Waals surface area contributed by atoms with Crippen LogP contribution in [0.5, 0.6) is 0 Å². The van der Waals surface area contributed by atoms with Crippen LogP contribution in [0.2, 0.25) is 0 Å². The van der Waals surface area contributed by atoms with Crippen LogP contribution in [0.4, 0.5) is 5.69 Å². The number of aryl methyl sites for hydroxylation is 2. The zero-order valence-electron chi connectivity index (χ0n) is 11.7. The van der Waals surface area contributed by atoms with Crippen LogP contribution in [0.3, 0.4) is 0 Å². The maximum Gasteiger partial charge on any atom is 0.161 e. The molecule has 0 radical (unpaired) electrons. The second-order valence-corrected chi connectivity index (χ2v) is 4.56. The van der Waals surface area contributed by atoms with E-state index in [2.05, 4.69) is 15.0 Å². The summed E-state index contributed by atoms with van der Waals surface area (Å²) < 4.78 is 0. The topological polar surface area (TPSA) is 64.7 Å². The van der Waals surface area contributed by atoms with Crippen molar-refractivity contribution in [2.24, 2.45) is 0 Å². The summed E-state index contributed by atoms with van der Waals surface area (Å²) in [5.74, 6) is 0.682. The van der Waals surface area contributed by atoms with E-state index in [0.29, 0.717) is 5.82 Å². The van der Waals surface area contributed by atoms with Gasteiger partial charge in [-0.05, 0) is 37.6 Å². The van der Waals surface area contributed by atoms with Crippen LogP contribution in [0.15, 0.2) is 36.7 Å². The number of halogens is 2. The molecule has 3 aromatic rings. The molecular formula is C15H16Cl2N4. The quantitative estimate of drug-likeness (QED) is 0.693. The molecule has 0 fully saturated rings. The Morgan fingerprint density at radius 3 is 2.43 bits per heavy atom. The molecule has 0 saturated heterocycles. The molecule has 0 spiro atoms. The fourth-order valence-electron chi connectivity index (χ4n) is 2.16. The Morgan fingerprint density at radius 2 is 1.76 bits per heavy atom. The van der Waals surface area contributed by atoms with Gasteiger partial charge in [0.1, 0.15) is 0 Å². The van der Waals surface area contributed by atoms with Crippen LogP contribution in [-0.2, 0) is 0 Å².